The lowest BCUT2D eigenvalue weighted by Gasteiger charge is -2.38. The summed E-state index contributed by atoms with van der Waals surface area (Å²) < 4.78 is 10.7. The van der Waals surface area contributed by atoms with Crippen LogP contribution < -0.4 is 19.7 Å². The molecule has 2 aromatic rings. The summed E-state index contributed by atoms with van der Waals surface area (Å²) in [7, 11) is 0. The largest absolute Gasteiger partial charge is 0.454 e. The first-order valence-electron chi connectivity index (χ1n) is 11.8. The highest BCUT2D eigenvalue weighted by atomic mass is 16.7. The summed E-state index contributed by atoms with van der Waals surface area (Å²) >= 11 is 0. The van der Waals surface area contributed by atoms with Gasteiger partial charge in [0.1, 0.15) is 6.04 Å². The lowest BCUT2D eigenvalue weighted by Crippen LogP contribution is -2.59. The van der Waals surface area contributed by atoms with E-state index in [9.17, 15) is 14.4 Å². The maximum atomic E-state index is 13.1. The van der Waals surface area contributed by atoms with Crippen molar-refractivity contribution in [3.63, 3.8) is 0 Å². The zero-order chi connectivity index (χ0) is 24.2. The zero-order valence-corrected chi connectivity index (χ0v) is 19.4. The van der Waals surface area contributed by atoms with Crippen LogP contribution in [0.4, 0.5) is 5.69 Å². The second-order valence-corrected chi connectivity index (χ2v) is 8.69. The van der Waals surface area contributed by atoms with Crippen molar-refractivity contribution in [2.45, 2.75) is 12.5 Å². The van der Waals surface area contributed by atoms with Crippen molar-refractivity contribution in [3.05, 3.63) is 60.2 Å². The second kappa shape index (κ2) is 10.1. The van der Waals surface area contributed by atoms with Crippen LogP contribution in [-0.2, 0) is 14.4 Å². The predicted octanol–water partition coefficient (Wildman–Crippen LogP) is 1.49. The van der Waals surface area contributed by atoms with E-state index in [1.54, 1.807) is 23.1 Å². The van der Waals surface area contributed by atoms with Gasteiger partial charge in [0, 0.05) is 51.0 Å². The highest BCUT2D eigenvalue weighted by Crippen LogP contribution is 2.32. The van der Waals surface area contributed by atoms with Crippen molar-refractivity contribution >= 4 is 29.5 Å². The lowest BCUT2D eigenvalue weighted by atomic mass is 10.1. The predicted molar refractivity (Wildman–Crippen MR) is 130 cm³/mol. The molecule has 0 unspecified atom stereocenters. The number of carbonyl (C=O) groups excluding carboxylic acids is 3. The van der Waals surface area contributed by atoms with Gasteiger partial charge in [-0.25, -0.2) is 0 Å². The molecule has 0 radical (unpaired) electrons. The van der Waals surface area contributed by atoms with Crippen molar-refractivity contribution in [1.29, 1.82) is 0 Å². The number of anilines is 1. The molecule has 0 aliphatic carbocycles. The first-order chi connectivity index (χ1) is 17.1. The van der Waals surface area contributed by atoms with Crippen LogP contribution in [0.5, 0.6) is 11.5 Å². The molecule has 182 valence electrons. The Hall–Kier alpha value is -4.01. The number of rotatable bonds is 5. The number of hydrogen-bond acceptors (Lipinski definition) is 6. The number of amides is 3. The number of nitrogens with one attached hydrogen (secondary N) is 1. The van der Waals surface area contributed by atoms with Crippen LogP contribution in [0, 0.1) is 0 Å². The van der Waals surface area contributed by atoms with Crippen LogP contribution >= 0.6 is 0 Å². The number of hydrogen-bond donors (Lipinski definition) is 1. The minimum Gasteiger partial charge on any atom is -0.454 e. The normalized spacial score (nSPS) is 19.7. The summed E-state index contributed by atoms with van der Waals surface area (Å²) in [5, 5.41) is 2.79. The van der Waals surface area contributed by atoms with E-state index in [-0.39, 0.29) is 30.9 Å². The van der Waals surface area contributed by atoms with E-state index in [1.165, 1.54) is 11.0 Å². The zero-order valence-electron chi connectivity index (χ0n) is 19.4. The van der Waals surface area contributed by atoms with Crippen molar-refractivity contribution in [1.82, 2.24) is 15.1 Å². The van der Waals surface area contributed by atoms with Crippen LogP contribution in [0.15, 0.2) is 54.6 Å². The number of benzene rings is 2. The summed E-state index contributed by atoms with van der Waals surface area (Å²) in [5.41, 5.74) is 1.92. The van der Waals surface area contributed by atoms with Crippen molar-refractivity contribution < 1.29 is 23.9 Å². The molecular weight excluding hydrogens is 448 g/mol. The molecule has 1 atom stereocenters. The highest BCUT2D eigenvalue weighted by molar-refractivity contribution is 5.98. The standard InChI is InChI=1S/C26H28N4O5/c31-24(9-7-19-6-8-22-23(16-19)35-18-34-22)30-11-10-27-26(33)21(30)17-25(32)29-14-12-28(13-15-29)20-4-2-1-3-5-20/h1-9,16,21H,10-15,17-18H2,(H,27,33)/b9-7+/t21-/m0/s1. The van der Waals surface area contributed by atoms with Gasteiger partial charge in [-0.2, -0.15) is 0 Å². The fourth-order valence-electron chi connectivity index (χ4n) is 4.61. The third kappa shape index (κ3) is 5.08. The summed E-state index contributed by atoms with van der Waals surface area (Å²) in [6.45, 7) is 3.53. The third-order valence-electron chi connectivity index (χ3n) is 6.55. The number of piperazine rings is 2. The molecule has 35 heavy (non-hydrogen) atoms. The van der Waals surface area contributed by atoms with Gasteiger partial charge in [-0.3, -0.25) is 14.4 Å². The second-order valence-electron chi connectivity index (χ2n) is 8.69. The van der Waals surface area contributed by atoms with E-state index < -0.39 is 6.04 Å². The molecule has 0 spiro atoms. The van der Waals surface area contributed by atoms with E-state index >= 15 is 0 Å². The van der Waals surface area contributed by atoms with Gasteiger partial charge in [0.05, 0.1) is 6.42 Å². The molecule has 2 saturated heterocycles. The van der Waals surface area contributed by atoms with E-state index in [1.807, 2.05) is 24.3 Å². The topological polar surface area (TPSA) is 91.4 Å². The Kier molecular flexibility index (Phi) is 6.56. The van der Waals surface area contributed by atoms with Crippen LogP contribution in [-0.4, -0.2) is 79.6 Å². The van der Waals surface area contributed by atoms with Gasteiger partial charge in [-0.15, -0.1) is 0 Å². The molecule has 0 aromatic heterocycles. The Morgan fingerprint density at radius 2 is 1.74 bits per heavy atom. The fourth-order valence-corrected chi connectivity index (χ4v) is 4.61. The fraction of sp³-hybridized carbons (Fsp3) is 0.346. The molecule has 5 rings (SSSR count). The monoisotopic (exact) mass is 476 g/mol. The lowest BCUT2D eigenvalue weighted by molar-refractivity contribution is -0.144. The van der Waals surface area contributed by atoms with Gasteiger partial charge in [-0.1, -0.05) is 24.3 Å². The highest BCUT2D eigenvalue weighted by Gasteiger charge is 2.35. The molecule has 3 amide bonds. The first-order valence-corrected chi connectivity index (χ1v) is 11.8. The van der Waals surface area contributed by atoms with Crippen LogP contribution in [0.25, 0.3) is 6.08 Å². The average molecular weight is 477 g/mol. The van der Waals surface area contributed by atoms with Gasteiger partial charge in [0.25, 0.3) is 0 Å². The molecule has 2 aromatic carbocycles. The summed E-state index contributed by atoms with van der Waals surface area (Å²) in [6.07, 6.45) is 3.09. The van der Waals surface area contributed by atoms with Gasteiger partial charge in [0.2, 0.25) is 24.5 Å². The Morgan fingerprint density at radius 1 is 0.971 bits per heavy atom. The number of nitrogens with zero attached hydrogens (tertiary/aromatic N) is 3. The number of para-hydroxylation sites is 1. The summed E-state index contributed by atoms with van der Waals surface area (Å²) in [6, 6.07) is 14.7. The van der Waals surface area contributed by atoms with Crippen molar-refractivity contribution in [2.24, 2.45) is 0 Å². The molecule has 3 aliphatic rings. The molecule has 9 heteroatoms. The number of fused-ring (bicyclic) bond motifs is 1. The van der Waals surface area contributed by atoms with Crippen LogP contribution in [0.1, 0.15) is 12.0 Å². The van der Waals surface area contributed by atoms with Crippen LogP contribution in [0.2, 0.25) is 0 Å². The molecule has 0 bridgehead atoms. The molecule has 1 N–H and O–H groups in total. The van der Waals surface area contributed by atoms with Crippen LogP contribution in [0.3, 0.4) is 0 Å². The van der Waals surface area contributed by atoms with E-state index in [0.29, 0.717) is 37.7 Å². The van der Waals surface area contributed by atoms with Gasteiger partial charge >= 0.3 is 0 Å². The third-order valence-corrected chi connectivity index (χ3v) is 6.55. The Balaban J connectivity index is 1.20. The van der Waals surface area contributed by atoms with E-state index in [2.05, 4.69) is 22.3 Å². The average Bonchev–Trinajstić information content (AvgIpc) is 3.37. The van der Waals surface area contributed by atoms with Gasteiger partial charge < -0.3 is 29.5 Å². The van der Waals surface area contributed by atoms with Crippen molar-refractivity contribution in [3.8, 4) is 11.5 Å². The first kappa shape index (κ1) is 22.8. The minimum absolute atomic E-state index is 0.0270. The van der Waals surface area contributed by atoms with Gasteiger partial charge in [0.15, 0.2) is 11.5 Å². The molecule has 0 saturated carbocycles. The maximum absolute atomic E-state index is 13.1. The molecule has 9 nitrogen and oxygen atoms in total. The Labute approximate surface area is 203 Å². The molecule has 2 fully saturated rings. The minimum atomic E-state index is -0.822. The number of ether oxygens (including phenoxy) is 2. The molecule has 3 aliphatic heterocycles. The van der Waals surface area contributed by atoms with E-state index in [4.69, 9.17) is 9.47 Å². The summed E-state index contributed by atoms with van der Waals surface area (Å²) in [4.78, 5) is 44.2. The number of carbonyl (C=O) groups is 3. The van der Waals surface area contributed by atoms with Gasteiger partial charge in [-0.05, 0) is 35.9 Å². The maximum Gasteiger partial charge on any atom is 0.247 e. The van der Waals surface area contributed by atoms with Crippen molar-refractivity contribution in [2.75, 3.05) is 51.0 Å². The Bertz CT molecular complexity index is 1130. The smallest absolute Gasteiger partial charge is 0.247 e. The quantitative estimate of drug-likeness (QED) is 0.658. The van der Waals surface area contributed by atoms with E-state index in [0.717, 1.165) is 24.3 Å². The Morgan fingerprint density at radius 3 is 2.54 bits per heavy atom. The molecule has 3 heterocycles. The summed E-state index contributed by atoms with van der Waals surface area (Å²) in [5.74, 6) is 0.594. The molecular formula is C26H28N4O5. The SMILES string of the molecule is O=C1NCCN(C(=O)/C=C/c2ccc3c(c2)OCO3)[C@H]1CC(=O)N1CCN(c2ccccc2)CC1.